The van der Waals surface area contributed by atoms with Gasteiger partial charge in [0, 0.05) is 12.7 Å². The summed E-state index contributed by atoms with van der Waals surface area (Å²) in [6.07, 6.45) is 11.6. The lowest BCUT2D eigenvalue weighted by atomic mass is 9.48. The van der Waals surface area contributed by atoms with E-state index in [0.717, 1.165) is 37.0 Å². The smallest absolute Gasteiger partial charge is 0.252 e. The highest BCUT2D eigenvalue weighted by Gasteiger charge is 2.53. The molecule has 4 fully saturated rings. The number of aliphatic hydroxyl groups is 1. The van der Waals surface area contributed by atoms with Crippen LogP contribution in [-0.2, 0) is 0 Å². The van der Waals surface area contributed by atoms with Crippen molar-refractivity contribution in [2.24, 2.45) is 23.2 Å². The molecule has 0 spiro atoms. The maximum Gasteiger partial charge on any atom is 0.252 e. The van der Waals surface area contributed by atoms with Crippen LogP contribution in [0.1, 0.15) is 48.9 Å². The van der Waals surface area contributed by atoms with Crippen molar-refractivity contribution in [1.82, 2.24) is 25.1 Å². The molecule has 0 unspecified atom stereocenters. The van der Waals surface area contributed by atoms with Crippen molar-refractivity contribution < 1.29 is 9.90 Å². The van der Waals surface area contributed by atoms with E-state index >= 15 is 0 Å². The van der Waals surface area contributed by atoms with Crippen LogP contribution in [0.15, 0.2) is 31.0 Å². The molecule has 2 aromatic heterocycles. The second kappa shape index (κ2) is 6.41. The Kier molecular flexibility index (Phi) is 4.00. The zero-order chi connectivity index (χ0) is 18.4. The topological polar surface area (TPSA) is 92.9 Å². The number of rotatable bonds is 5. The standard InChI is InChI=1S/C20H25N5O2/c26-17(20-6-13-3-14(7-20)5-15(4-13)8-20)10-22-19(27)16-1-2-18(21-9-16)25-11-23-24-12-25/h1-2,9,11-15,17,26H,3-8,10H2,(H,22,27)/t13?,14?,15?,17-,20?/m0/s1. The van der Waals surface area contributed by atoms with E-state index in [-0.39, 0.29) is 11.3 Å². The van der Waals surface area contributed by atoms with Gasteiger partial charge in [-0.3, -0.25) is 9.36 Å². The minimum Gasteiger partial charge on any atom is -0.391 e. The molecular weight excluding hydrogens is 342 g/mol. The number of aliphatic hydroxyl groups excluding tert-OH is 1. The van der Waals surface area contributed by atoms with Gasteiger partial charge in [0.1, 0.15) is 18.5 Å². The highest BCUT2D eigenvalue weighted by atomic mass is 16.3. The molecule has 1 amide bonds. The fourth-order valence-electron chi connectivity index (χ4n) is 6.09. The predicted octanol–water partition coefficient (Wildman–Crippen LogP) is 1.97. The molecule has 7 nitrogen and oxygen atoms in total. The molecule has 27 heavy (non-hydrogen) atoms. The number of pyridine rings is 1. The van der Waals surface area contributed by atoms with Crippen molar-refractivity contribution in [1.29, 1.82) is 0 Å². The second-order valence-electron chi connectivity index (χ2n) is 8.78. The van der Waals surface area contributed by atoms with Crippen LogP contribution >= 0.6 is 0 Å². The molecule has 4 aliphatic carbocycles. The average Bonchev–Trinajstić information content (AvgIpc) is 3.19. The van der Waals surface area contributed by atoms with Crippen LogP contribution < -0.4 is 5.32 Å². The highest BCUT2D eigenvalue weighted by Crippen LogP contribution is 2.61. The summed E-state index contributed by atoms with van der Waals surface area (Å²) in [6.45, 7) is 0.318. The van der Waals surface area contributed by atoms with E-state index in [4.69, 9.17) is 0 Å². The third kappa shape index (κ3) is 3.04. The summed E-state index contributed by atoms with van der Waals surface area (Å²) in [7, 11) is 0. The largest absolute Gasteiger partial charge is 0.391 e. The third-order valence-electron chi connectivity index (χ3n) is 6.94. The normalized spacial score (nSPS) is 32.4. The van der Waals surface area contributed by atoms with E-state index < -0.39 is 6.10 Å². The lowest BCUT2D eigenvalue weighted by Gasteiger charge is -2.58. The van der Waals surface area contributed by atoms with Crippen molar-refractivity contribution in [3.63, 3.8) is 0 Å². The molecule has 4 bridgehead atoms. The van der Waals surface area contributed by atoms with Crippen molar-refractivity contribution in [2.75, 3.05) is 6.54 Å². The number of aromatic nitrogens is 4. The molecule has 1 atom stereocenters. The summed E-state index contributed by atoms with van der Waals surface area (Å²) in [5.74, 6) is 2.83. The maximum absolute atomic E-state index is 12.5. The minimum atomic E-state index is -0.459. The van der Waals surface area contributed by atoms with Crippen molar-refractivity contribution in [3.8, 4) is 5.82 Å². The molecule has 6 rings (SSSR count). The van der Waals surface area contributed by atoms with Gasteiger partial charge >= 0.3 is 0 Å². The quantitative estimate of drug-likeness (QED) is 0.843. The first-order valence-electron chi connectivity index (χ1n) is 9.89. The SMILES string of the molecule is O=C(NC[C@H](O)C12CC3CC(CC(C3)C1)C2)c1ccc(-n2cnnc2)nc1. The Bertz CT molecular complexity index is 782. The second-order valence-corrected chi connectivity index (χ2v) is 8.78. The van der Waals surface area contributed by atoms with Gasteiger partial charge < -0.3 is 10.4 Å². The fourth-order valence-corrected chi connectivity index (χ4v) is 6.09. The molecular formula is C20H25N5O2. The molecule has 7 heteroatoms. The van der Waals surface area contributed by atoms with Crippen LogP contribution in [0.2, 0.25) is 0 Å². The van der Waals surface area contributed by atoms with Crippen LogP contribution in [0.5, 0.6) is 0 Å². The lowest BCUT2D eigenvalue weighted by Crippen LogP contribution is -2.54. The molecule has 0 aromatic carbocycles. The number of carbonyl (C=O) groups excluding carboxylic acids is 1. The van der Waals surface area contributed by atoms with Crippen LogP contribution in [0.3, 0.4) is 0 Å². The van der Waals surface area contributed by atoms with Gasteiger partial charge in [0.15, 0.2) is 0 Å². The number of amides is 1. The van der Waals surface area contributed by atoms with Crippen LogP contribution in [0.4, 0.5) is 0 Å². The van der Waals surface area contributed by atoms with Crippen LogP contribution in [0, 0.1) is 23.2 Å². The first-order chi connectivity index (χ1) is 13.1. The molecule has 0 radical (unpaired) electrons. The van der Waals surface area contributed by atoms with Gasteiger partial charge in [-0.15, -0.1) is 10.2 Å². The molecule has 2 N–H and O–H groups in total. The zero-order valence-corrected chi connectivity index (χ0v) is 15.3. The molecule has 0 saturated heterocycles. The van der Waals surface area contributed by atoms with E-state index in [0.29, 0.717) is 17.9 Å². The molecule has 2 aromatic rings. The number of nitrogens with zero attached hydrogens (tertiary/aromatic N) is 4. The van der Waals surface area contributed by atoms with Gasteiger partial charge in [-0.25, -0.2) is 4.98 Å². The van der Waals surface area contributed by atoms with Gasteiger partial charge in [0.05, 0.1) is 11.7 Å². The van der Waals surface area contributed by atoms with E-state index in [1.165, 1.54) is 19.3 Å². The highest BCUT2D eigenvalue weighted by molar-refractivity contribution is 5.93. The maximum atomic E-state index is 12.5. The molecule has 4 saturated carbocycles. The van der Waals surface area contributed by atoms with Gasteiger partial charge in [0.25, 0.3) is 5.91 Å². The summed E-state index contributed by atoms with van der Waals surface area (Å²) in [6, 6.07) is 3.49. The van der Waals surface area contributed by atoms with Crippen molar-refractivity contribution >= 4 is 5.91 Å². The number of hydrogen-bond donors (Lipinski definition) is 2. The average molecular weight is 367 g/mol. The van der Waals surface area contributed by atoms with Crippen molar-refractivity contribution in [2.45, 2.75) is 44.6 Å². The Balaban J connectivity index is 1.22. The lowest BCUT2D eigenvalue weighted by molar-refractivity contribution is -0.118. The van der Waals surface area contributed by atoms with Gasteiger partial charge in [0.2, 0.25) is 0 Å². The Morgan fingerprint density at radius 2 is 1.78 bits per heavy atom. The van der Waals surface area contributed by atoms with Gasteiger partial charge in [-0.1, -0.05) is 0 Å². The fraction of sp³-hybridized carbons (Fsp3) is 0.600. The number of carbonyl (C=O) groups is 1. The Morgan fingerprint density at radius 3 is 2.33 bits per heavy atom. The molecule has 142 valence electrons. The minimum absolute atomic E-state index is 0.0263. The first-order valence-corrected chi connectivity index (χ1v) is 9.89. The summed E-state index contributed by atoms with van der Waals surface area (Å²) in [5, 5.41) is 21.3. The molecule has 0 aliphatic heterocycles. The molecule has 2 heterocycles. The number of nitrogens with one attached hydrogen (secondary N) is 1. The summed E-state index contributed by atoms with van der Waals surface area (Å²) < 4.78 is 1.68. The zero-order valence-electron chi connectivity index (χ0n) is 15.3. The Morgan fingerprint density at radius 1 is 1.15 bits per heavy atom. The third-order valence-corrected chi connectivity index (χ3v) is 6.94. The monoisotopic (exact) mass is 367 g/mol. The van der Waals surface area contributed by atoms with Crippen molar-refractivity contribution in [3.05, 3.63) is 36.5 Å². The Hall–Kier alpha value is -2.28. The Labute approximate surface area is 158 Å². The van der Waals surface area contributed by atoms with Crippen LogP contribution in [0.25, 0.3) is 5.82 Å². The van der Waals surface area contributed by atoms with E-state index in [9.17, 15) is 9.90 Å². The van der Waals surface area contributed by atoms with E-state index in [1.54, 1.807) is 35.6 Å². The van der Waals surface area contributed by atoms with E-state index in [1.807, 2.05) is 0 Å². The number of hydrogen-bond acceptors (Lipinski definition) is 5. The summed E-state index contributed by atoms with van der Waals surface area (Å²) >= 11 is 0. The van der Waals surface area contributed by atoms with Crippen LogP contribution in [-0.4, -0.2) is 43.4 Å². The molecule has 4 aliphatic rings. The summed E-state index contributed by atoms with van der Waals surface area (Å²) in [4.78, 5) is 16.8. The summed E-state index contributed by atoms with van der Waals surface area (Å²) in [5.41, 5.74) is 0.517. The van der Waals surface area contributed by atoms with Gasteiger partial charge in [-0.05, 0) is 73.8 Å². The van der Waals surface area contributed by atoms with Gasteiger partial charge in [-0.2, -0.15) is 0 Å². The van der Waals surface area contributed by atoms with E-state index in [2.05, 4.69) is 20.5 Å². The predicted molar refractivity (Wildman–Crippen MR) is 98.1 cm³/mol. The first kappa shape index (κ1) is 16.9.